The summed E-state index contributed by atoms with van der Waals surface area (Å²) in [7, 11) is 5.57. The van der Waals surface area contributed by atoms with Crippen LogP contribution in [0.25, 0.3) is 11.4 Å². The molecule has 1 aromatic heterocycles. The maximum Gasteiger partial charge on any atom is 0.321 e. The van der Waals surface area contributed by atoms with Crippen LogP contribution in [0.3, 0.4) is 0 Å². The topological polar surface area (TPSA) is 79.2 Å². The molecule has 0 saturated heterocycles. The number of halogens is 1. The Morgan fingerprint density at radius 2 is 2.00 bits per heavy atom. The van der Waals surface area contributed by atoms with Gasteiger partial charge in [0.2, 0.25) is 0 Å². The fourth-order valence-corrected chi connectivity index (χ4v) is 2.16. The van der Waals surface area contributed by atoms with E-state index in [-0.39, 0.29) is 17.6 Å². The molecule has 9 heteroatoms. The average Bonchev–Trinajstić information content (AvgIpc) is 3.02. The Bertz CT molecular complexity index is 729. The van der Waals surface area contributed by atoms with Gasteiger partial charge in [0.1, 0.15) is 5.82 Å². The van der Waals surface area contributed by atoms with E-state index in [1.807, 2.05) is 32.8 Å². The molecule has 0 fully saturated rings. The number of carbonyl (C=O) groups excluding carboxylic acids is 1. The molecule has 0 atom stereocenters. The van der Waals surface area contributed by atoms with E-state index in [1.165, 1.54) is 6.07 Å². The molecule has 2 rings (SSSR count). The van der Waals surface area contributed by atoms with E-state index in [4.69, 9.17) is 0 Å². The summed E-state index contributed by atoms with van der Waals surface area (Å²) in [4.78, 5) is 15.7. The lowest BCUT2D eigenvalue weighted by Crippen LogP contribution is -2.36. The first kappa shape index (κ1) is 18.8. The summed E-state index contributed by atoms with van der Waals surface area (Å²) in [5.74, 6) is -0.140. The quantitative estimate of drug-likeness (QED) is 0.864. The molecule has 0 aliphatic carbocycles. The first-order valence-corrected chi connectivity index (χ1v) is 8.04. The second kappa shape index (κ2) is 8.02. The fraction of sp³-hybridized carbons (Fsp3) is 0.500. The summed E-state index contributed by atoms with van der Waals surface area (Å²) < 4.78 is 16.0. The van der Waals surface area contributed by atoms with Crippen molar-refractivity contribution in [2.24, 2.45) is 0 Å². The van der Waals surface area contributed by atoms with E-state index in [2.05, 4.69) is 20.8 Å². The Hall–Kier alpha value is -2.55. The van der Waals surface area contributed by atoms with Crippen molar-refractivity contribution in [2.45, 2.75) is 19.9 Å². The monoisotopic (exact) mass is 349 g/mol. The highest BCUT2D eigenvalue weighted by molar-refractivity contribution is 5.89. The normalized spacial score (nSPS) is 11.2. The Morgan fingerprint density at radius 3 is 2.60 bits per heavy atom. The number of anilines is 1. The van der Waals surface area contributed by atoms with Crippen molar-refractivity contribution in [1.82, 2.24) is 30.0 Å². The second-order valence-electron chi connectivity index (χ2n) is 6.39. The van der Waals surface area contributed by atoms with Crippen molar-refractivity contribution in [3.63, 3.8) is 0 Å². The van der Waals surface area contributed by atoms with Crippen LogP contribution in [0.15, 0.2) is 18.2 Å². The van der Waals surface area contributed by atoms with Crippen molar-refractivity contribution >= 4 is 11.7 Å². The van der Waals surface area contributed by atoms with E-state index in [1.54, 1.807) is 28.8 Å². The van der Waals surface area contributed by atoms with Crippen LogP contribution in [0, 0.1) is 5.82 Å². The number of aromatic nitrogens is 4. The Morgan fingerprint density at radius 1 is 1.28 bits per heavy atom. The number of amides is 2. The standard InChI is InChI=1S/C16H24FN7O/c1-11(2)24-15(19-20-21-24)13-7-6-12(10-14(13)17)18-16(25)23(5)9-8-22(3)4/h6-7,10-11H,8-9H2,1-5H3,(H,18,25). The minimum atomic E-state index is -0.495. The average molecular weight is 349 g/mol. The number of hydrogen-bond donors (Lipinski definition) is 1. The molecule has 2 aromatic rings. The molecule has 0 unspecified atom stereocenters. The third kappa shape index (κ3) is 4.72. The summed E-state index contributed by atoms with van der Waals surface area (Å²) in [6, 6.07) is 4.19. The summed E-state index contributed by atoms with van der Waals surface area (Å²) in [6.07, 6.45) is 0. The molecule has 0 bridgehead atoms. The van der Waals surface area contributed by atoms with Gasteiger partial charge in [0.25, 0.3) is 0 Å². The van der Waals surface area contributed by atoms with Crippen LogP contribution < -0.4 is 5.32 Å². The molecule has 0 aliphatic rings. The van der Waals surface area contributed by atoms with Gasteiger partial charge in [-0.3, -0.25) is 0 Å². The minimum absolute atomic E-state index is 0.00845. The highest BCUT2D eigenvalue weighted by Crippen LogP contribution is 2.24. The van der Waals surface area contributed by atoms with Crippen LogP contribution in [0.4, 0.5) is 14.9 Å². The number of nitrogens with one attached hydrogen (secondary N) is 1. The zero-order chi connectivity index (χ0) is 18.6. The van der Waals surface area contributed by atoms with Gasteiger partial charge in [0, 0.05) is 25.8 Å². The van der Waals surface area contributed by atoms with E-state index in [0.29, 0.717) is 18.1 Å². The first-order chi connectivity index (χ1) is 11.8. The van der Waals surface area contributed by atoms with Gasteiger partial charge in [-0.05, 0) is 56.6 Å². The molecule has 0 saturated carbocycles. The Balaban J connectivity index is 2.11. The predicted octanol–water partition coefficient (Wildman–Crippen LogP) is 2.09. The molecule has 2 amide bonds. The molecule has 25 heavy (non-hydrogen) atoms. The lowest BCUT2D eigenvalue weighted by molar-refractivity contribution is 0.217. The van der Waals surface area contributed by atoms with Crippen LogP contribution in [0.1, 0.15) is 19.9 Å². The number of hydrogen-bond acceptors (Lipinski definition) is 5. The van der Waals surface area contributed by atoms with Crippen molar-refractivity contribution in [3.8, 4) is 11.4 Å². The minimum Gasteiger partial charge on any atom is -0.326 e. The van der Waals surface area contributed by atoms with Crippen molar-refractivity contribution < 1.29 is 9.18 Å². The van der Waals surface area contributed by atoms with Crippen LogP contribution in [-0.2, 0) is 0 Å². The number of carbonyl (C=O) groups is 1. The van der Waals surface area contributed by atoms with Gasteiger partial charge in [-0.25, -0.2) is 13.9 Å². The maximum absolute atomic E-state index is 14.5. The summed E-state index contributed by atoms with van der Waals surface area (Å²) in [5, 5.41) is 14.1. The number of rotatable bonds is 6. The highest BCUT2D eigenvalue weighted by Gasteiger charge is 2.17. The zero-order valence-corrected chi connectivity index (χ0v) is 15.2. The molecular weight excluding hydrogens is 325 g/mol. The van der Waals surface area contributed by atoms with Crippen LogP contribution in [0.5, 0.6) is 0 Å². The number of likely N-dealkylation sites (N-methyl/N-ethyl adjacent to an activating group) is 2. The largest absolute Gasteiger partial charge is 0.326 e. The smallest absolute Gasteiger partial charge is 0.321 e. The second-order valence-corrected chi connectivity index (χ2v) is 6.39. The van der Waals surface area contributed by atoms with Gasteiger partial charge in [-0.15, -0.1) is 5.10 Å². The molecule has 1 heterocycles. The van der Waals surface area contributed by atoms with Gasteiger partial charge in [-0.1, -0.05) is 0 Å². The third-order valence-electron chi connectivity index (χ3n) is 3.67. The molecule has 1 aromatic carbocycles. The molecule has 0 aliphatic heterocycles. The summed E-state index contributed by atoms with van der Waals surface area (Å²) in [5.41, 5.74) is 0.671. The van der Waals surface area contributed by atoms with E-state index in [0.717, 1.165) is 6.54 Å². The number of tetrazole rings is 1. The summed E-state index contributed by atoms with van der Waals surface area (Å²) >= 11 is 0. The maximum atomic E-state index is 14.5. The van der Waals surface area contributed by atoms with Gasteiger partial charge >= 0.3 is 6.03 Å². The predicted molar refractivity (Wildman–Crippen MR) is 93.8 cm³/mol. The highest BCUT2D eigenvalue weighted by atomic mass is 19.1. The van der Waals surface area contributed by atoms with Gasteiger partial charge < -0.3 is 15.1 Å². The van der Waals surface area contributed by atoms with E-state index in [9.17, 15) is 9.18 Å². The lowest BCUT2D eigenvalue weighted by Gasteiger charge is -2.20. The van der Waals surface area contributed by atoms with Crippen molar-refractivity contribution in [2.75, 3.05) is 39.5 Å². The Kier molecular flexibility index (Phi) is 6.02. The first-order valence-electron chi connectivity index (χ1n) is 8.04. The molecule has 1 N–H and O–H groups in total. The zero-order valence-electron chi connectivity index (χ0n) is 15.2. The van der Waals surface area contributed by atoms with Crippen LogP contribution >= 0.6 is 0 Å². The van der Waals surface area contributed by atoms with Gasteiger partial charge in [0.05, 0.1) is 11.6 Å². The summed E-state index contributed by atoms with van der Waals surface area (Å²) in [6.45, 7) is 5.14. The molecule has 0 radical (unpaired) electrons. The fourth-order valence-electron chi connectivity index (χ4n) is 2.16. The number of benzene rings is 1. The molecule has 136 valence electrons. The van der Waals surface area contributed by atoms with Gasteiger partial charge in [-0.2, -0.15) is 0 Å². The lowest BCUT2D eigenvalue weighted by atomic mass is 10.1. The van der Waals surface area contributed by atoms with E-state index < -0.39 is 5.82 Å². The van der Waals surface area contributed by atoms with Crippen LogP contribution in [-0.4, -0.2) is 70.3 Å². The van der Waals surface area contributed by atoms with Crippen molar-refractivity contribution in [3.05, 3.63) is 24.0 Å². The molecular formula is C16H24FN7O. The van der Waals surface area contributed by atoms with Crippen molar-refractivity contribution in [1.29, 1.82) is 0 Å². The molecule has 8 nitrogen and oxygen atoms in total. The Labute approximate surface area is 146 Å². The number of urea groups is 1. The van der Waals surface area contributed by atoms with E-state index >= 15 is 0 Å². The SMILES string of the molecule is CC(C)n1nnnc1-c1ccc(NC(=O)N(C)CCN(C)C)cc1F. The molecule has 0 spiro atoms. The van der Waals surface area contributed by atoms with Crippen LogP contribution in [0.2, 0.25) is 0 Å². The third-order valence-corrected chi connectivity index (χ3v) is 3.67. The van der Waals surface area contributed by atoms with Gasteiger partial charge in [0.15, 0.2) is 5.82 Å². The number of nitrogens with zero attached hydrogens (tertiary/aromatic N) is 6.